The molecule has 0 amide bonds. The molecule has 0 aromatic heterocycles. The Morgan fingerprint density at radius 3 is 2.29 bits per heavy atom. The van der Waals surface area contributed by atoms with Gasteiger partial charge in [-0.2, -0.15) is 5.10 Å². The number of rotatable bonds is 8. The predicted octanol–water partition coefficient (Wildman–Crippen LogP) is -0.732. The van der Waals surface area contributed by atoms with Crippen LogP contribution in [-0.4, -0.2) is 59.3 Å². The molecular weight excluding hydrogens is 422 g/mol. The molecule has 1 heterocycles. The number of halogens is 1. The van der Waals surface area contributed by atoms with E-state index in [-0.39, 0.29) is 17.8 Å². The minimum Gasteiger partial charge on any atom is -0.600 e. The SMILES string of the molecule is CCC1CC[NH+](CC(=NNC2CCC([NH+]([O-])O)CC2[NH+]([O-])O)C2CCC(Cl)CC2)CC1. The van der Waals surface area contributed by atoms with Crippen LogP contribution in [0.1, 0.15) is 71.1 Å². The van der Waals surface area contributed by atoms with Crippen LogP contribution < -0.4 is 20.8 Å². The van der Waals surface area contributed by atoms with E-state index >= 15 is 0 Å². The molecular formula is C21H41ClN5O4+. The maximum absolute atomic E-state index is 11.8. The van der Waals surface area contributed by atoms with Crippen LogP contribution in [0.25, 0.3) is 0 Å². The fourth-order valence-corrected chi connectivity index (χ4v) is 5.83. The third kappa shape index (κ3) is 7.23. The molecule has 3 aliphatic rings. The summed E-state index contributed by atoms with van der Waals surface area (Å²) in [5.41, 5.74) is 4.35. The van der Waals surface area contributed by atoms with E-state index in [4.69, 9.17) is 16.7 Å². The Labute approximate surface area is 190 Å². The van der Waals surface area contributed by atoms with E-state index in [0.29, 0.717) is 18.8 Å². The smallest absolute Gasteiger partial charge is 0.144 e. The van der Waals surface area contributed by atoms with Crippen molar-refractivity contribution in [2.24, 2.45) is 16.9 Å². The van der Waals surface area contributed by atoms with Gasteiger partial charge in [-0.3, -0.25) is 0 Å². The maximum atomic E-state index is 11.8. The van der Waals surface area contributed by atoms with Gasteiger partial charge in [-0.05, 0) is 50.9 Å². The Kier molecular flexibility index (Phi) is 9.79. The standard InChI is InChI=1S/C21H40ClN5O4/c1-2-15-9-11-25(12-10-15)14-20(16-3-5-17(22)6-4-16)24-23-19-8-7-18(26(28)29)13-21(19)27(30)31/h15-19,21,23,26-28,30H,2-14H2,1H3/p+1. The predicted molar refractivity (Wildman–Crippen MR) is 118 cm³/mol. The lowest BCUT2D eigenvalue weighted by Crippen LogP contribution is -3.15. The number of nitrogens with one attached hydrogen (secondary N) is 4. The van der Waals surface area contributed by atoms with Crippen molar-refractivity contribution in [1.29, 1.82) is 0 Å². The molecule has 9 nitrogen and oxygen atoms in total. The number of hydrogen-bond donors (Lipinski definition) is 6. The van der Waals surface area contributed by atoms with Gasteiger partial charge in [0.1, 0.15) is 18.6 Å². The molecule has 3 rings (SSSR count). The van der Waals surface area contributed by atoms with Crippen molar-refractivity contribution < 1.29 is 25.8 Å². The van der Waals surface area contributed by atoms with Gasteiger partial charge in [0.2, 0.25) is 0 Å². The minimum atomic E-state index is -0.935. The Morgan fingerprint density at radius 1 is 1.03 bits per heavy atom. The average Bonchev–Trinajstić information content (AvgIpc) is 2.77. The Balaban J connectivity index is 1.66. The Bertz CT molecular complexity index is 566. The van der Waals surface area contributed by atoms with Gasteiger partial charge < -0.3 is 20.7 Å². The van der Waals surface area contributed by atoms with Gasteiger partial charge in [0.25, 0.3) is 0 Å². The van der Waals surface area contributed by atoms with E-state index in [0.717, 1.165) is 43.9 Å². The monoisotopic (exact) mass is 462 g/mol. The topological polar surface area (TPSA) is 124 Å². The fraction of sp³-hybridized carbons (Fsp3) is 0.952. The number of alkyl halides is 1. The normalized spacial score (nSPS) is 39.7. The second-order valence-corrected chi connectivity index (χ2v) is 10.5. The molecule has 5 atom stereocenters. The number of quaternary nitrogens is 3. The molecule has 10 heteroatoms. The zero-order valence-electron chi connectivity index (χ0n) is 18.7. The zero-order valence-corrected chi connectivity index (χ0v) is 19.4. The van der Waals surface area contributed by atoms with E-state index in [9.17, 15) is 20.8 Å². The molecule has 6 N–H and O–H groups in total. The van der Waals surface area contributed by atoms with Gasteiger partial charge in [-0.1, -0.05) is 13.3 Å². The van der Waals surface area contributed by atoms with Crippen LogP contribution in [0, 0.1) is 22.3 Å². The van der Waals surface area contributed by atoms with Crippen LogP contribution >= 0.6 is 11.6 Å². The highest BCUT2D eigenvalue weighted by Crippen LogP contribution is 2.28. The summed E-state index contributed by atoms with van der Waals surface area (Å²) in [6.45, 7) is 5.52. The molecule has 1 saturated heterocycles. The maximum Gasteiger partial charge on any atom is 0.144 e. The van der Waals surface area contributed by atoms with Crippen LogP contribution in [0.5, 0.6) is 0 Å². The Morgan fingerprint density at radius 2 is 1.71 bits per heavy atom. The molecule has 0 aromatic rings. The summed E-state index contributed by atoms with van der Waals surface area (Å²) < 4.78 is 0. The second-order valence-electron chi connectivity index (χ2n) is 9.86. The summed E-state index contributed by atoms with van der Waals surface area (Å²) >= 11 is 6.33. The van der Waals surface area contributed by atoms with E-state index in [1.54, 1.807) is 4.90 Å². The summed E-state index contributed by atoms with van der Waals surface area (Å²) in [6.07, 6.45) is 9.04. The zero-order chi connectivity index (χ0) is 22.4. The van der Waals surface area contributed by atoms with Crippen LogP contribution in [0.3, 0.4) is 0 Å². The van der Waals surface area contributed by atoms with Gasteiger partial charge in [-0.15, -0.1) is 11.6 Å². The molecule has 2 aliphatic carbocycles. The van der Waals surface area contributed by atoms with Gasteiger partial charge in [0.15, 0.2) is 0 Å². The molecule has 0 bridgehead atoms. The molecule has 0 aromatic carbocycles. The van der Waals surface area contributed by atoms with Gasteiger partial charge in [0, 0.05) is 17.7 Å². The van der Waals surface area contributed by atoms with Crippen molar-refractivity contribution >= 4 is 17.3 Å². The van der Waals surface area contributed by atoms with Crippen LogP contribution in [-0.2, 0) is 0 Å². The number of likely N-dealkylation sites (tertiary alicyclic amines) is 1. The molecule has 0 radical (unpaired) electrons. The molecule has 1 aliphatic heterocycles. The van der Waals surface area contributed by atoms with E-state index < -0.39 is 22.5 Å². The number of hydrazone groups is 1. The summed E-state index contributed by atoms with van der Waals surface area (Å²) in [5.74, 6) is 1.24. The second kappa shape index (κ2) is 12.1. The molecule has 0 spiro atoms. The lowest BCUT2D eigenvalue weighted by atomic mass is 9.84. The van der Waals surface area contributed by atoms with E-state index in [1.807, 2.05) is 0 Å². The van der Waals surface area contributed by atoms with Gasteiger partial charge in [-0.25, -0.2) is 20.9 Å². The minimum absolute atomic E-state index is 0.167. The van der Waals surface area contributed by atoms with Crippen molar-refractivity contribution in [3.63, 3.8) is 0 Å². The first-order chi connectivity index (χ1) is 14.9. The Hall–Kier alpha value is -0.520. The van der Waals surface area contributed by atoms with Crippen molar-refractivity contribution in [2.45, 2.75) is 94.6 Å². The largest absolute Gasteiger partial charge is 0.600 e. The van der Waals surface area contributed by atoms with E-state index in [1.165, 1.54) is 32.4 Å². The van der Waals surface area contributed by atoms with Crippen LogP contribution in [0.15, 0.2) is 5.10 Å². The highest BCUT2D eigenvalue weighted by molar-refractivity contribution is 6.20. The molecule has 180 valence electrons. The van der Waals surface area contributed by atoms with Gasteiger partial charge >= 0.3 is 0 Å². The third-order valence-corrected chi connectivity index (χ3v) is 8.28. The highest BCUT2D eigenvalue weighted by atomic mass is 35.5. The average molecular weight is 463 g/mol. The lowest BCUT2D eigenvalue weighted by Gasteiger charge is -2.39. The van der Waals surface area contributed by atoms with Crippen LogP contribution in [0.4, 0.5) is 0 Å². The summed E-state index contributed by atoms with van der Waals surface area (Å²) in [4.78, 5) is 1.57. The van der Waals surface area contributed by atoms with Gasteiger partial charge in [0.05, 0.1) is 31.3 Å². The first kappa shape index (κ1) is 25.1. The molecule has 2 saturated carbocycles. The summed E-state index contributed by atoms with van der Waals surface area (Å²) in [5, 5.41) is 45.3. The highest BCUT2D eigenvalue weighted by Gasteiger charge is 2.38. The number of hydrogen-bond acceptors (Lipinski definition) is 6. The number of piperidine rings is 1. The fourth-order valence-electron chi connectivity index (χ4n) is 5.58. The molecule has 3 fully saturated rings. The molecule has 31 heavy (non-hydrogen) atoms. The number of nitrogens with zero attached hydrogens (tertiary/aromatic N) is 1. The molecule has 5 unspecified atom stereocenters. The first-order valence-electron chi connectivity index (χ1n) is 12.1. The summed E-state index contributed by atoms with van der Waals surface area (Å²) in [6, 6.07) is -1.61. The summed E-state index contributed by atoms with van der Waals surface area (Å²) in [7, 11) is 0. The van der Waals surface area contributed by atoms with Crippen molar-refractivity contribution in [1.82, 2.24) is 5.43 Å². The third-order valence-electron chi connectivity index (χ3n) is 7.84. The van der Waals surface area contributed by atoms with E-state index in [2.05, 4.69) is 12.3 Å². The van der Waals surface area contributed by atoms with Crippen LogP contribution in [0.2, 0.25) is 0 Å². The van der Waals surface area contributed by atoms with Crippen molar-refractivity contribution in [3.8, 4) is 0 Å². The number of hydroxylamine groups is 4. The lowest BCUT2D eigenvalue weighted by molar-refractivity contribution is -1.09. The van der Waals surface area contributed by atoms with Crippen molar-refractivity contribution in [2.75, 3.05) is 19.6 Å². The quantitative estimate of drug-likeness (QED) is 0.161. The first-order valence-corrected chi connectivity index (χ1v) is 12.6. The van der Waals surface area contributed by atoms with Crippen molar-refractivity contribution in [3.05, 3.63) is 10.4 Å².